The van der Waals surface area contributed by atoms with E-state index in [1.165, 1.54) is 12.4 Å². The molecule has 0 bridgehead atoms. The first-order valence-electron chi connectivity index (χ1n) is 6.88. The van der Waals surface area contributed by atoms with Gasteiger partial charge in [0.25, 0.3) is 5.91 Å². The van der Waals surface area contributed by atoms with Crippen LogP contribution >= 0.6 is 0 Å². The number of aliphatic hydroxyl groups is 1. The molecule has 1 aromatic rings. The quantitative estimate of drug-likeness (QED) is 0.778. The molecule has 0 aromatic carbocycles. The maximum Gasteiger partial charge on any atom is 0.276 e. The zero-order valence-electron chi connectivity index (χ0n) is 11.7. The number of anilines is 1. The molecule has 1 fully saturated rings. The number of nitrogens with two attached hydrogens (primary N) is 1. The van der Waals surface area contributed by atoms with Crippen LogP contribution in [0.2, 0.25) is 0 Å². The van der Waals surface area contributed by atoms with E-state index >= 15 is 0 Å². The number of β-amino-alcohol motifs (C(OH)–C–C–N with tert-alkyl or cyclic N) is 1. The Morgan fingerprint density at radius 3 is 2.60 bits per heavy atom. The average Bonchev–Trinajstić information content (AvgIpc) is 2.47. The van der Waals surface area contributed by atoms with Crippen molar-refractivity contribution in [3.05, 3.63) is 18.1 Å². The molecule has 1 atom stereocenters. The fourth-order valence-electron chi connectivity index (χ4n) is 2.22. The second-order valence-corrected chi connectivity index (χ2v) is 4.95. The SMILES string of the molecule is CC[C@H](O)CN1CCN(C(=O)c2nccnc2N)CC1. The van der Waals surface area contributed by atoms with E-state index in [1.807, 2.05) is 6.92 Å². The third kappa shape index (κ3) is 3.43. The molecule has 110 valence electrons. The minimum atomic E-state index is -0.298. The Bertz CT molecular complexity index is 460. The van der Waals surface area contributed by atoms with E-state index < -0.39 is 0 Å². The molecule has 2 rings (SSSR count). The average molecular weight is 279 g/mol. The van der Waals surface area contributed by atoms with Crippen LogP contribution in [0, 0.1) is 0 Å². The van der Waals surface area contributed by atoms with Crippen LogP contribution in [0.3, 0.4) is 0 Å². The second-order valence-electron chi connectivity index (χ2n) is 4.95. The predicted molar refractivity (Wildman–Crippen MR) is 75.1 cm³/mol. The Morgan fingerprint density at radius 1 is 1.35 bits per heavy atom. The van der Waals surface area contributed by atoms with Gasteiger partial charge < -0.3 is 15.7 Å². The predicted octanol–water partition coefficient (Wildman–Crippen LogP) is -0.412. The van der Waals surface area contributed by atoms with Gasteiger partial charge in [-0.25, -0.2) is 9.97 Å². The van der Waals surface area contributed by atoms with Crippen LogP contribution in [0.4, 0.5) is 5.82 Å². The van der Waals surface area contributed by atoms with Crippen LogP contribution in [-0.2, 0) is 0 Å². The van der Waals surface area contributed by atoms with Crippen molar-refractivity contribution < 1.29 is 9.90 Å². The van der Waals surface area contributed by atoms with E-state index in [4.69, 9.17) is 5.73 Å². The van der Waals surface area contributed by atoms with Crippen molar-refractivity contribution in [2.45, 2.75) is 19.4 Å². The fourth-order valence-corrected chi connectivity index (χ4v) is 2.22. The van der Waals surface area contributed by atoms with Crippen molar-refractivity contribution in [3.63, 3.8) is 0 Å². The fraction of sp³-hybridized carbons (Fsp3) is 0.615. The zero-order chi connectivity index (χ0) is 14.5. The van der Waals surface area contributed by atoms with E-state index in [0.717, 1.165) is 19.5 Å². The van der Waals surface area contributed by atoms with Gasteiger partial charge in [0.2, 0.25) is 0 Å². The van der Waals surface area contributed by atoms with Crippen LogP contribution in [0.25, 0.3) is 0 Å². The van der Waals surface area contributed by atoms with Gasteiger partial charge in [-0.2, -0.15) is 0 Å². The molecule has 1 aromatic heterocycles. The van der Waals surface area contributed by atoms with E-state index in [1.54, 1.807) is 4.90 Å². The van der Waals surface area contributed by atoms with Crippen molar-refractivity contribution in [1.29, 1.82) is 0 Å². The molecule has 1 aliphatic rings. The summed E-state index contributed by atoms with van der Waals surface area (Å²) in [5, 5.41) is 9.64. The first-order chi connectivity index (χ1) is 9.61. The Hall–Kier alpha value is -1.73. The molecule has 2 heterocycles. The number of piperazine rings is 1. The maximum absolute atomic E-state index is 12.3. The van der Waals surface area contributed by atoms with Gasteiger partial charge in [0.1, 0.15) is 0 Å². The normalized spacial score (nSPS) is 18.0. The summed E-state index contributed by atoms with van der Waals surface area (Å²) in [6.45, 7) is 5.36. The van der Waals surface area contributed by atoms with Gasteiger partial charge in [-0.05, 0) is 6.42 Å². The van der Waals surface area contributed by atoms with Gasteiger partial charge in [0, 0.05) is 45.1 Å². The molecule has 0 radical (unpaired) electrons. The number of aliphatic hydroxyl groups excluding tert-OH is 1. The highest BCUT2D eigenvalue weighted by Gasteiger charge is 2.25. The highest BCUT2D eigenvalue weighted by atomic mass is 16.3. The van der Waals surface area contributed by atoms with Gasteiger partial charge in [0.15, 0.2) is 11.5 Å². The van der Waals surface area contributed by atoms with E-state index in [-0.39, 0.29) is 23.5 Å². The Labute approximate surface area is 118 Å². The number of hydrogen-bond donors (Lipinski definition) is 2. The number of carbonyl (C=O) groups is 1. The molecule has 0 saturated carbocycles. The topological polar surface area (TPSA) is 95.6 Å². The molecule has 1 aliphatic heterocycles. The molecular formula is C13H21N5O2. The summed E-state index contributed by atoms with van der Waals surface area (Å²) in [7, 11) is 0. The van der Waals surface area contributed by atoms with Crippen LogP contribution in [0.1, 0.15) is 23.8 Å². The third-order valence-electron chi connectivity index (χ3n) is 3.53. The third-order valence-corrected chi connectivity index (χ3v) is 3.53. The molecule has 0 unspecified atom stereocenters. The Morgan fingerprint density at radius 2 is 2.00 bits per heavy atom. The summed E-state index contributed by atoms with van der Waals surface area (Å²) < 4.78 is 0. The number of hydrogen-bond acceptors (Lipinski definition) is 6. The first-order valence-corrected chi connectivity index (χ1v) is 6.88. The Kier molecular flexibility index (Phi) is 4.86. The number of amides is 1. The van der Waals surface area contributed by atoms with Gasteiger partial charge in [-0.15, -0.1) is 0 Å². The summed E-state index contributed by atoms with van der Waals surface area (Å²) in [4.78, 5) is 24.1. The number of aromatic nitrogens is 2. The van der Waals surface area contributed by atoms with Crippen molar-refractivity contribution in [2.75, 3.05) is 38.5 Å². The van der Waals surface area contributed by atoms with Crippen molar-refractivity contribution >= 4 is 11.7 Å². The second kappa shape index (κ2) is 6.62. The molecule has 0 aliphatic carbocycles. The van der Waals surface area contributed by atoms with Gasteiger partial charge in [0.05, 0.1) is 6.10 Å². The minimum Gasteiger partial charge on any atom is -0.392 e. The molecular weight excluding hydrogens is 258 g/mol. The monoisotopic (exact) mass is 279 g/mol. The Balaban J connectivity index is 1.91. The van der Waals surface area contributed by atoms with Crippen LogP contribution in [0.5, 0.6) is 0 Å². The summed E-state index contributed by atoms with van der Waals surface area (Å²) in [5.41, 5.74) is 5.89. The molecule has 20 heavy (non-hydrogen) atoms. The van der Waals surface area contributed by atoms with Crippen LogP contribution < -0.4 is 5.73 Å². The largest absolute Gasteiger partial charge is 0.392 e. The van der Waals surface area contributed by atoms with E-state index in [0.29, 0.717) is 19.6 Å². The summed E-state index contributed by atoms with van der Waals surface area (Å²) in [5.74, 6) is -0.00683. The lowest BCUT2D eigenvalue weighted by atomic mass is 10.2. The van der Waals surface area contributed by atoms with Crippen LogP contribution in [-0.4, -0.2) is 69.6 Å². The molecule has 1 saturated heterocycles. The molecule has 7 nitrogen and oxygen atoms in total. The smallest absolute Gasteiger partial charge is 0.276 e. The number of nitrogen functional groups attached to an aromatic ring is 1. The lowest BCUT2D eigenvalue weighted by Crippen LogP contribution is -2.50. The van der Waals surface area contributed by atoms with Gasteiger partial charge >= 0.3 is 0 Å². The standard InChI is InChI=1S/C13H21N5O2/c1-2-10(19)9-17-5-7-18(8-6-17)13(20)11-12(14)16-4-3-15-11/h3-4,10,19H,2,5-9H2,1H3,(H2,14,16)/t10-/m0/s1. The van der Waals surface area contributed by atoms with E-state index in [9.17, 15) is 9.90 Å². The van der Waals surface area contributed by atoms with E-state index in [2.05, 4.69) is 14.9 Å². The highest BCUT2D eigenvalue weighted by molar-refractivity contribution is 5.96. The van der Waals surface area contributed by atoms with Crippen molar-refractivity contribution in [1.82, 2.24) is 19.8 Å². The molecule has 1 amide bonds. The number of carbonyl (C=O) groups excluding carboxylic acids is 1. The number of rotatable bonds is 4. The van der Waals surface area contributed by atoms with Gasteiger partial charge in [-0.1, -0.05) is 6.92 Å². The summed E-state index contributed by atoms with van der Waals surface area (Å²) in [6.07, 6.45) is 3.39. The van der Waals surface area contributed by atoms with Crippen LogP contribution in [0.15, 0.2) is 12.4 Å². The summed E-state index contributed by atoms with van der Waals surface area (Å²) in [6, 6.07) is 0. The van der Waals surface area contributed by atoms with Crippen molar-refractivity contribution in [2.24, 2.45) is 0 Å². The van der Waals surface area contributed by atoms with Gasteiger partial charge in [-0.3, -0.25) is 9.69 Å². The highest BCUT2D eigenvalue weighted by Crippen LogP contribution is 2.11. The lowest BCUT2D eigenvalue weighted by Gasteiger charge is -2.35. The minimum absolute atomic E-state index is 0.168. The number of nitrogens with zero attached hydrogens (tertiary/aromatic N) is 4. The molecule has 0 spiro atoms. The molecule has 7 heteroatoms. The zero-order valence-corrected chi connectivity index (χ0v) is 11.7. The first kappa shape index (κ1) is 14.7. The molecule has 3 N–H and O–H groups in total. The van der Waals surface area contributed by atoms with Crippen molar-refractivity contribution in [3.8, 4) is 0 Å². The summed E-state index contributed by atoms with van der Waals surface area (Å²) >= 11 is 0. The lowest BCUT2D eigenvalue weighted by molar-refractivity contribution is 0.0520. The maximum atomic E-state index is 12.3.